The predicted octanol–water partition coefficient (Wildman–Crippen LogP) is 2.94. The maximum absolute atomic E-state index is 9.01. The van der Waals surface area contributed by atoms with Gasteiger partial charge in [-0.05, 0) is 44.2 Å². The Morgan fingerprint density at radius 2 is 1.85 bits per heavy atom. The van der Waals surface area contributed by atoms with E-state index in [4.69, 9.17) is 5.26 Å². The maximum atomic E-state index is 9.01. The summed E-state index contributed by atoms with van der Waals surface area (Å²) in [5.41, 5.74) is 2.55. The molecular formula is C15H17N5. The van der Waals surface area contributed by atoms with E-state index < -0.39 is 0 Å². The molecule has 1 heterocycles. The van der Waals surface area contributed by atoms with Crippen molar-refractivity contribution >= 4 is 17.2 Å². The molecule has 5 heteroatoms. The smallest absolute Gasteiger partial charge is 0.171 e. The zero-order chi connectivity index (χ0) is 14.4. The van der Waals surface area contributed by atoms with Crippen LogP contribution in [0.4, 0.5) is 17.2 Å². The summed E-state index contributed by atoms with van der Waals surface area (Å²) in [7, 11) is 0. The Labute approximate surface area is 118 Å². The van der Waals surface area contributed by atoms with Crippen molar-refractivity contribution in [2.45, 2.75) is 13.8 Å². The molecule has 0 amide bonds. The van der Waals surface area contributed by atoms with E-state index >= 15 is 0 Å². The normalized spacial score (nSPS) is 9.85. The molecule has 2 aromatic rings. The minimum Gasteiger partial charge on any atom is -0.372 e. The van der Waals surface area contributed by atoms with Gasteiger partial charge in [0.15, 0.2) is 5.82 Å². The molecule has 0 fully saturated rings. The van der Waals surface area contributed by atoms with E-state index in [1.54, 1.807) is 6.07 Å². The Morgan fingerprint density at radius 1 is 1.15 bits per heavy atom. The van der Waals surface area contributed by atoms with E-state index in [1.807, 2.05) is 12.1 Å². The zero-order valence-electron chi connectivity index (χ0n) is 11.7. The number of nitriles is 1. The van der Waals surface area contributed by atoms with Crippen molar-refractivity contribution in [2.24, 2.45) is 0 Å². The van der Waals surface area contributed by atoms with Crippen LogP contribution in [0.15, 0.2) is 36.5 Å². The molecule has 0 atom stereocenters. The lowest BCUT2D eigenvalue weighted by atomic mass is 10.2. The number of benzene rings is 1. The van der Waals surface area contributed by atoms with E-state index in [0.717, 1.165) is 18.8 Å². The number of nitrogens with one attached hydrogen (secondary N) is 1. The molecule has 1 aromatic heterocycles. The Morgan fingerprint density at radius 3 is 2.45 bits per heavy atom. The van der Waals surface area contributed by atoms with E-state index in [0.29, 0.717) is 11.4 Å². The summed E-state index contributed by atoms with van der Waals surface area (Å²) in [5.74, 6) is 0.477. The van der Waals surface area contributed by atoms with Crippen LogP contribution in [0.3, 0.4) is 0 Å². The van der Waals surface area contributed by atoms with Crippen LogP contribution in [0.25, 0.3) is 0 Å². The first-order valence-corrected chi connectivity index (χ1v) is 6.62. The first kappa shape index (κ1) is 13.8. The van der Waals surface area contributed by atoms with Gasteiger partial charge in [0.05, 0.1) is 11.8 Å². The SMILES string of the molecule is CCN(CC)c1ccc(Nc2nnccc2C#N)cc1. The first-order chi connectivity index (χ1) is 9.78. The van der Waals surface area contributed by atoms with E-state index in [1.165, 1.54) is 11.9 Å². The second-order valence-electron chi connectivity index (χ2n) is 4.25. The second-order valence-corrected chi connectivity index (χ2v) is 4.25. The Kier molecular flexibility index (Phi) is 4.51. The van der Waals surface area contributed by atoms with Crippen molar-refractivity contribution in [1.82, 2.24) is 10.2 Å². The summed E-state index contributed by atoms with van der Waals surface area (Å²) in [6.45, 7) is 6.22. The van der Waals surface area contributed by atoms with Gasteiger partial charge in [-0.3, -0.25) is 0 Å². The zero-order valence-corrected chi connectivity index (χ0v) is 11.7. The third kappa shape index (κ3) is 3.04. The van der Waals surface area contributed by atoms with Crippen LogP contribution in [0.2, 0.25) is 0 Å². The van der Waals surface area contributed by atoms with Crippen molar-refractivity contribution in [2.75, 3.05) is 23.3 Å². The molecule has 0 saturated heterocycles. The van der Waals surface area contributed by atoms with Crippen LogP contribution in [0.5, 0.6) is 0 Å². The van der Waals surface area contributed by atoms with Crippen LogP contribution in [0, 0.1) is 11.3 Å². The van der Waals surface area contributed by atoms with Gasteiger partial charge in [-0.15, -0.1) is 5.10 Å². The molecule has 0 unspecified atom stereocenters. The average Bonchev–Trinajstić information content (AvgIpc) is 2.51. The van der Waals surface area contributed by atoms with Gasteiger partial charge in [0.1, 0.15) is 6.07 Å². The van der Waals surface area contributed by atoms with Crippen LogP contribution >= 0.6 is 0 Å². The Hall–Kier alpha value is -2.61. The highest BCUT2D eigenvalue weighted by Crippen LogP contribution is 2.21. The third-order valence-electron chi connectivity index (χ3n) is 3.10. The lowest BCUT2D eigenvalue weighted by Crippen LogP contribution is -2.21. The molecule has 1 N–H and O–H groups in total. The number of anilines is 3. The minimum absolute atomic E-state index is 0.477. The number of hydrogen-bond acceptors (Lipinski definition) is 5. The molecule has 20 heavy (non-hydrogen) atoms. The number of rotatable bonds is 5. The van der Waals surface area contributed by atoms with Crippen molar-refractivity contribution in [3.63, 3.8) is 0 Å². The molecule has 0 bridgehead atoms. The number of aromatic nitrogens is 2. The largest absolute Gasteiger partial charge is 0.372 e. The highest BCUT2D eigenvalue weighted by atomic mass is 15.2. The van der Waals surface area contributed by atoms with E-state index in [-0.39, 0.29) is 0 Å². The van der Waals surface area contributed by atoms with E-state index in [9.17, 15) is 0 Å². The summed E-state index contributed by atoms with van der Waals surface area (Å²) in [4.78, 5) is 2.27. The standard InChI is InChI=1S/C15H17N5/c1-3-20(4-2)14-7-5-13(6-8-14)18-15-12(11-16)9-10-17-19-15/h5-10H,3-4H2,1-2H3,(H,18,19). The first-order valence-electron chi connectivity index (χ1n) is 6.62. The van der Waals surface area contributed by atoms with Crippen LogP contribution in [0.1, 0.15) is 19.4 Å². The van der Waals surface area contributed by atoms with Crippen LogP contribution in [-0.4, -0.2) is 23.3 Å². The van der Waals surface area contributed by atoms with E-state index in [2.05, 4.69) is 52.5 Å². The van der Waals surface area contributed by atoms with Gasteiger partial charge in [-0.1, -0.05) is 0 Å². The molecule has 2 rings (SSSR count). The van der Waals surface area contributed by atoms with Gasteiger partial charge >= 0.3 is 0 Å². The van der Waals surface area contributed by atoms with Gasteiger partial charge in [0, 0.05) is 24.5 Å². The van der Waals surface area contributed by atoms with Crippen molar-refractivity contribution in [3.05, 3.63) is 42.1 Å². The molecule has 0 aliphatic heterocycles. The van der Waals surface area contributed by atoms with Gasteiger partial charge in [0.25, 0.3) is 0 Å². The summed E-state index contributed by atoms with van der Waals surface area (Å²) >= 11 is 0. The number of hydrogen-bond donors (Lipinski definition) is 1. The molecule has 0 radical (unpaired) electrons. The average molecular weight is 267 g/mol. The monoisotopic (exact) mass is 267 g/mol. The fourth-order valence-electron chi connectivity index (χ4n) is 2.00. The Balaban J connectivity index is 2.17. The predicted molar refractivity (Wildman–Crippen MR) is 80.0 cm³/mol. The highest BCUT2D eigenvalue weighted by Gasteiger charge is 2.05. The van der Waals surface area contributed by atoms with Crippen molar-refractivity contribution in [1.29, 1.82) is 5.26 Å². The van der Waals surface area contributed by atoms with Crippen LogP contribution < -0.4 is 10.2 Å². The molecule has 0 saturated carbocycles. The quantitative estimate of drug-likeness (QED) is 0.902. The molecule has 1 aromatic carbocycles. The topological polar surface area (TPSA) is 64.8 Å². The summed E-state index contributed by atoms with van der Waals surface area (Å²) < 4.78 is 0. The molecule has 102 valence electrons. The summed E-state index contributed by atoms with van der Waals surface area (Å²) in [6, 6.07) is 11.8. The second kappa shape index (κ2) is 6.53. The lowest BCUT2D eigenvalue weighted by Gasteiger charge is -2.21. The third-order valence-corrected chi connectivity index (χ3v) is 3.10. The van der Waals surface area contributed by atoms with Gasteiger partial charge in [0.2, 0.25) is 0 Å². The fourth-order valence-corrected chi connectivity index (χ4v) is 2.00. The van der Waals surface area contributed by atoms with Crippen molar-refractivity contribution < 1.29 is 0 Å². The maximum Gasteiger partial charge on any atom is 0.171 e. The van der Waals surface area contributed by atoms with Crippen LogP contribution in [-0.2, 0) is 0 Å². The van der Waals surface area contributed by atoms with Gasteiger partial charge in [-0.2, -0.15) is 10.4 Å². The van der Waals surface area contributed by atoms with Gasteiger partial charge in [-0.25, -0.2) is 0 Å². The van der Waals surface area contributed by atoms with Gasteiger partial charge < -0.3 is 10.2 Å². The lowest BCUT2D eigenvalue weighted by molar-refractivity contribution is 0.866. The summed E-state index contributed by atoms with van der Waals surface area (Å²) in [5, 5.41) is 19.9. The fraction of sp³-hybridized carbons (Fsp3) is 0.267. The minimum atomic E-state index is 0.477. The highest BCUT2D eigenvalue weighted by molar-refractivity contribution is 5.64. The molecule has 0 aliphatic carbocycles. The van der Waals surface area contributed by atoms with Crippen molar-refractivity contribution in [3.8, 4) is 6.07 Å². The summed E-state index contributed by atoms with van der Waals surface area (Å²) in [6.07, 6.45) is 1.51. The number of nitrogens with zero attached hydrogens (tertiary/aromatic N) is 4. The molecule has 0 spiro atoms. The molecule has 5 nitrogen and oxygen atoms in total. The molecule has 0 aliphatic rings. The molecular weight excluding hydrogens is 250 g/mol. The Bertz CT molecular complexity index is 596.